The van der Waals surface area contributed by atoms with Gasteiger partial charge in [-0.15, -0.1) is 11.3 Å². The molecule has 0 aliphatic carbocycles. The lowest BCUT2D eigenvalue weighted by molar-refractivity contribution is -0.385. The number of nitrogens with zero attached hydrogens (tertiary/aromatic N) is 1. The van der Waals surface area contributed by atoms with Crippen LogP contribution in [-0.2, 0) is 0 Å². The summed E-state index contributed by atoms with van der Waals surface area (Å²) < 4.78 is 0.974. The molecule has 2 rings (SSSR count). The molecule has 0 saturated carbocycles. The van der Waals surface area contributed by atoms with Crippen molar-refractivity contribution in [2.24, 2.45) is 0 Å². The molecular weight excluding hydrogens is 368 g/mol. The highest BCUT2D eigenvalue weighted by molar-refractivity contribution is 9.10. The Labute approximate surface area is 140 Å². The van der Waals surface area contributed by atoms with Crippen LogP contribution in [0.3, 0.4) is 0 Å². The lowest BCUT2D eigenvalue weighted by atomic mass is 10.0. The van der Waals surface area contributed by atoms with Crippen molar-refractivity contribution in [2.45, 2.75) is 26.3 Å². The predicted octanol–water partition coefficient (Wildman–Crippen LogP) is 4.61. The molecule has 22 heavy (non-hydrogen) atoms. The van der Waals surface area contributed by atoms with Gasteiger partial charge in [0, 0.05) is 10.5 Å². The van der Waals surface area contributed by atoms with Gasteiger partial charge in [0.25, 0.3) is 11.6 Å². The van der Waals surface area contributed by atoms with Crippen molar-refractivity contribution < 1.29 is 9.72 Å². The first-order valence-corrected chi connectivity index (χ1v) is 8.34. The number of hydrogen-bond donors (Lipinski definition) is 1. The minimum Gasteiger partial charge on any atom is -0.345 e. The Balaban J connectivity index is 2.17. The molecule has 0 bridgehead atoms. The monoisotopic (exact) mass is 382 g/mol. The van der Waals surface area contributed by atoms with E-state index in [-0.39, 0.29) is 17.6 Å². The molecule has 0 radical (unpaired) electrons. The molecule has 116 valence electrons. The summed E-state index contributed by atoms with van der Waals surface area (Å²) in [5.74, 6) is -0.282. The molecule has 1 aromatic heterocycles. The van der Waals surface area contributed by atoms with Gasteiger partial charge in [-0.05, 0) is 31.0 Å². The van der Waals surface area contributed by atoms with Crippen molar-refractivity contribution >= 4 is 38.9 Å². The number of carbonyl (C=O) groups excluding carboxylic acids is 1. The molecule has 1 N–H and O–H groups in total. The fourth-order valence-electron chi connectivity index (χ4n) is 2.11. The van der Waals surface area contributed by atoms with E-state index in [1.165, 1.54) is 6.07 Å². The first-order chi connectivity index (χ1) is 10.4. The summed E-state index contributed by atoms with van der Waals surface area (Å²) in [7, 11) is 0. The number of halogens is 1. The second kappa shape index (κ2) is 7.02. The van der Waals surface area contributed by atoms with Crippen molar-refractivity contribution in [2.75, 3.05) is 0 Å². The van der Waals surface area contributed by atoms with Crippen LogP contribution in [0.25, 0.3) is 0 Å². The maximum absolute atomic E-state index is 12.3. The van der Waals surface area contributed by atoms with Crippen LogP contribution in [-0.4, -0.2) is 10.8 Å². The third-order valence-electron chi connectivity index (χ3n) is 3.30. The highest BCUT2D eigenvalue weighted by Gasteiger charge is 2.21. The van der Waals surface area contributed by atoms with Crippen LogP contribution in [0.2, 0.25) is 0 Å². The molecule has 0 fully saturated rings. The molecule has 1 unspecified atom stereocenters. The van der Waals surface area contributed by atoms with Gasteiger partial charge >= 0.3 is 0 Å². The smallest absolute Gasteiger partial charge is 0.283 e. The largest absolute Gasteiger partial charge is 0.345 e. The number of nitro groups is 1. The molecule has 2 aromatic rings. The number of amides is 1. The number of nitrogens with one attached hydrogen (secondary N) is 1. The third kappa shape index (κ3) is 3.72. The van der Waals surface area contributed by atoms with Crippen molar-refractivity contribution in [3.05, 3.63) is 60.2 Å². The van der Waals surface area contributed by atoms with Crippen molar-refractivity contribution in [3.8, 4) is 0 Å². The van der Waals surface area contributed by atoms with Gasteiger partial charge in [0.15, 0.2) is 0 Å². The predicted molar refractivity (Wildman–Crippen MR) is 90.4 cm³/mol. The highest BCUT2D eigenvalue weighted by atomic mass is 79.9. The SMILES string of the molecule is CCC(NC(=O)c1cc([N+](=O)[O-])c(C)s1)c1ccc(Br)cc1. The lowest BCUT2D eigenvalue weighted by Crippen LogP contribution is -2.27. The van der Waals surface area contributed by atoms with Crippen molar-refractivity contribution in [1.82, 2.24) is 5.32 Å². The van der Waals surface area contributed by atoms with E-state index in [0.29, 0.717) is 9.75 Å². The Hall–Kier alpha value is -1.73. The van der Waals surface area contributed by atoms with E-state index in [2.05, 4.69) is 21.2 Å². The third-order valence-corrected chi connectivity index (χ3v) is 4.87. The summed E-state index contributed by atoms with van der Waals surface area (Å²) in [6, 6.07) is 8.95. The fourth-order valence-corrected chi connectivity index (χ4v) is 3.27. The average molecular weight is 383 g/mol. The molecular formula is C15H15BrN2O3S. The van der Waals surface area contributed by atoms with Gasteiger partial charge in [0.2, 0.25) is 0 Å². The summed E-state index contributed by atoms with van der Waals surface area (Å²) in [5, 5.41) is 13.8. The number of aryl methyl sites for hydroxylation is 1. The minimum atomic E-state index is -0.464. The molecule has 0 aliphatic rings. The first kappa shape index (κ1) is 16.6. The Morgan fingerprint density at radius 1 is 1.41 bits per heavy atom. The van der Waals surface area contributed by atoms with Gasteiger partial charge in [0.1, 0.15) is 0 Å². The summed E-state index contributed by atoms with van der Waals surface area (Å²) in [5.41, 5.74) is 0.994. The summed E-state index contributed by atoms with van der Waals surface area (Å²) >= 11 is 4.52. The van der Waals surface area contributed by atoms with E-state index in [4.69, 9.17) is 0 Å². The van der Waals surface area contributed by atoms with Crippen LogP contribution in [0, 0.1) is 17.0 Å². The van der Waals surface area contributed by atoms with Gasteiger partial charge in [-0.3, -0.25) is 14.9 Å². The molecule has 5 nitrogen and oxygen atoms in total. The number of thiophene rings is 1. The quantitative estimate of drug-likeness (QED) is 0.606. The van der Waals surface area contributed by atoms with Gasteiger partial charge < -0.3 is 5.32 Å². The van der Waals surface area contributed by atoms with Crippen LogP contribution in [0.15, 0.2) is 34.8 Å². The molecule has 0 spiro atoms. The Morgan fingerprint density at radius 3 is 2.55 bits per heavy atom. The van der Waals surface area contributed by atoms with Crippen LogP contribution < -0.4 is 5.32 Å². The van der Waals surface area contributed by atoms with Gasteiger partial charge in [-0.2, -0.15) is 0 Å². The van der Waals surface area contributed by atoms with Gasteiger partial charge in [-0.25, -0.2) is 0 Å². The second-order valence-electron chi connectivity index (χ2n) is 4.80. The van der Waals surface area contributed by atoms with E-state index in [1.807, 2.05) is 31.2 Å². The average Bonchev–Trinajstić information content (AvgIpc) is 2.88. The van der Waals surface area contributed by atoms with E-state index in [1.54, 1.807) is 6.92 Å². The summed E-state index contributed by atoms with van der Waals surface area (Å²) in [4.78, 5) is 23.6. The molecule has 1 aromatic carbocycles. The number of carbonyl (C=O) groups is 1. The number of rotatable bonds is 5. The molecule has 1 atom stereocenters. The first-order valence-electron chi connectivity index (χ1n) is 6.73. The van der Waals surface area contributed by atoms with Crippen molar-refractivity contribution in [3.63, 3.8) is 0 Å². The van der Waals surface area contributed by atoms with E-state index < -0.39 is 4.92 Å². The normalized spacial score (nSPS) is 12.0. The van der Waals surface area contributed by atoms with E-state index >= 15 is 0 Å². The number of benzene rings is 1. The Bertz CT molecular complexity index is 697. The second-order valence-corrected chi connectivity index (χ2v) is 6.97. The van der Waals surface area contributed by atoms with Crippen LogP contribution >= 0.6 is 27.3 Å². The zero-order valence-electron chi connectivity index (χ0n) is 12.1. The maximum Gasteiger partial charge on any atom is 0.283 e. The minimum absolute atomic E-state index is 0.00756. The molecule has 7 heteroatoms. The zero-order chi connectivity index (χ0) is 16.3. The standard InChI is InChI=1S/C15H15BrN2O3S/c1-3-12(10-4-6-11(16)7-5-10)17-15(19)14-8-13(18(20)21)9(2)22-14/h4-8,12H,3H2,1-2H3,(H,17,19). The molecule has 1 amide bonds. The maximum atomic E-state index is 12.3. The number of hydrogen-bond acceptors (Lipinski definition) is 4. The molecule has 0 aliphatic heterocycles. The molecule has 0 saturated heterocycles. The Kier molecular flexibility index (Phi) is 5.31. The topological polar surface area (TPSA) is 72.2 Å². The van der Waals surface area contributed by atoms with Gasteiger partial charge in [0.05, 0.1) is 20.7 Å². The lowest BCUT2D eigenvalue weighted by Gasteiger charge is -2.17. The van der Waals surface area contributed by atoms with E-state index in [0.717, 1.165) is 27.8 Å². The van der Waals surface area contributed by atoms with Crippen LogP contribution in [0.5, 0.6) is 0 Å². The van der Waals surface area contributed by atoms with Crippen LogP contribution in [0.4, 0.5) is 5.69 Å². The van der Waals surface area contributed by atoms with E-state index in [9.17, 15) is 14.9 Å². The van der Waals surface area contributed by atoms with Crippen molar-refractivity contribution in [1.29, 1.82) is 0 Å². The fraction of sp³-hybridized carbons (Fsp3) is 0.267. The van der Waals surface area contributed by atoms with Crippen LogP contribution in [0.1, 0.15) is 39.5 Å². The summed E-state index contributed by atoms with van der Waals surface area (Å²) in [6.07, 6.45) is 0.736. The Morgan fingerprint density at radius 2 is 2.05 bits per heavy atom. The summed E-state index contributed by atoms with van der Waals surface area (Å²) in [6.45, 7) is 3.63. The van der Waals surface area contributed by atoms with Gasteiger partial charge in [-0.1, -0.05) is 35.0 Å². The highest BCUT2D eigenvalue weighted by Crippen LogP contribution is 2.29. The molecule has 1 heterocycles. The zero-order valence-corrected chi connectivity index (χ0v) is 14.5.